The second kappa shape index (κ2) is 5.37. The standard InChI is InChI=1S/C15H17FN2O2S/c1-9-4-5-12(8-13(9)16)18-21(19,20)15-7-11(3)10(2)6-14(15)17/h4-8,18H,17H2,1-3H3. The van der Waals surface area contributed by atoms with Crippen LogP contribution in [0.25, 0.3) is 0 Å². The molecule has 0 aliphatic heterocycles. The zero-order chi connectivity index (χ0) is 15.8. The largest absolute Gasteiger partial charge is 0.398 e. The highest BCUT2D eigenvalue weighted by molar-refractivity contribution is 7.92. The van der Waals surface area contributed by atoms with Crippen molar-refractivity contribution in [3.63, 3.8) is 0 Å². The summed E-state index contributed by atoms with van der Waals surface area (Å²) in [5, 5.41) is 0. The Kier molecular flexibility index (Phi) is 3.91. The number of aryl methyl sites for hydroxylation is 3. The first-order valence-corrected chi connectivity index (χ1v) is 7.85. The molecule has 0 aliphatic carbocycles. The van der Waals surface area contributed by atoms with Crippen LogP contribution in [0.4, 0.5) is 15.8 Å². The van der Waals surface area contributed by atoms with Crippen molar-refractivity contribution >= 4 is 21.4 Å². The van der Waals surface area contributed by atoms with Gasteiger partial charge < -0.3 is 5.73 Å². The molecule has 0 bridgehead atoms. The van der Waals surface area contributed by atoms with Crippen LogP contribution in [0.5, 0.6) is 0 Å². The second-order valence-electron chi connectivity index (χ2n) is 5.04. The predicted molar refractivity (Wildman–Crippen MR) is 82.3 cm³/mol. The molecule has 0 amide bonds. The van der Waals surface area contributed by atoms with Gasteiger partial charge in [-0.1, -0.05) is 6.07 Å². The van der Waals surface area contributed by atoms with Crippen molar-refractivity contribution in [2.75, 3.05) is 10.5 Å². The van der Waals surface area contributed by atoms with Gasteiger partial charge in [0, 0.05) is 0 Å². The maximum absolute atomic E-state index is 13.5. The maximum atomic E-state index is 13.5. The van der Waals surface area contributed by atoms with Crippen LogP contribution in [0.3, 0.4) is 0 Å². The molecule has 2 aromatic rings. The van der Waals surface area contributed by atoms with E-state index in [2.05, 4.69) is 4.72 Å². The average Bonchev–Trinajstić information content (AvgIpc) is 2.37. The molecule has 0 saturated carbocycles. The van der Waals surface area contributed by atoms with E-state index in [0.29, 0.717) is 5.56 Å². The van der Waals surface area contributed by atoms with E-state index < -0.39 is 15.8 Å². The smallest absolute Gasteiger partial charge is 0.263 e. The van der Waals surface area contributed by atoms with Gasteiger partial charge >= 0.3 is 0 Å². The third kappa shape index (κ3) is 3.16. The molecule has 2 rings (SSSR count). The Bertz CT molecular complexity index is 802. The zero-order valence-electron chi connectivity index (χ0n) is 12.1. The molecular weight excluding hydrogens is 291 g/mol. The number of halogens is 1. The number of rotatable bonds is 3. The van der Waals surface area contributed by atoms with Gasteiger partial charge in [0.15, 0.2) is 0 Å². The Balaban J connectivity index is 2.43. The van der Waals surface area contributed by atoms with Gasteiger partial charge in [-0.2, -0.15) is 0 Å². The van der Waals surface area contributed by atoms with Gasteiger partial charge in [-0.15, -0.1) is 0 Å². The van der Waals surface area contributed by atoms with Crippen LogP contribution in [-0.4, -0.2) is 8.42 Å². The summed E-state index contributed by atoms with van der Waals surface area (Å²) in [6.45, 7) is 5.26. The van der Waals surface area contributed by atoms with Gasteiger partial charge in [0.2, 0.25) is 0 Å². The molecule has 2 aromatic carbocycles. The van der Waals surface area contributed by atoms with Crippen molar-refractivity contribution in [1.29, 1.82) is 0 Å². The van der Waals surface area contributed by atoms with Crippen LogP contribution in [0, 0.1) is 26.6 Å². The number of nitrogen functional groups attached to an aromatic ring is 1. The molecule has 0 heterocycles. The normalized spacial score (nSPS) is 11.4. The quantitative estimate of drug-likeness (QED) is 0.856. The van der Waals surface area contributed by atoms with Gasteiger partial charge in [-0.3, -0.25) is 4.72 Å². The highest BCUT2D eigenvalue weighted by atomic mass is 32.2. The van der Waals surface area contributed by atoms with Crippen LogP contribution in [0.15, 0.2) is 35.2 Å². The maximum Gasteiger partial charge on any atom is 0.263 e. The topological polar surface area (TPSA) is 72.2 Å². The molecule has 3 N–H and O–H groups in total. The first-order chi connectivity index (χ1) is 9.70. The molecule has 0 spiro atoms. The minimum Gasteiger partial charge on any atom is -0.398 e. The molecule has 0 radical (unpaired) electrons. The molecule has 4 nitrogen and oxygen atoms in total. The van der Waals surface area contributed by atoms with E-state index in [1.165, 1.54) is 18.2 Å². The lowest BCUT2D eigenvalue weighted by molar-refractivity contribution is 0.601. The highest BCUT2D eigenvalue weighted by Gasteiger charge is 2.19. The van der Waals surface area contributed by atoms with E-state index in [1.54, 1.807) is 19.9 Å². The molecule has 0 unspecified atom stereocenters. The molecule has 112 valence electrons. The molecule has 0 aromatic heterocycles. The Morgan fingerprint density at radius 1 is 1.00 bits per heavy atom. The lowest BCUT2D eigenvalue weighted by Crippen LogP contribution is -2.15. The molecular formula is C15H17FN2O2S. The minimum absolute atomic E-state index is 0.00779. The summed E-state index contributed by atoms with van der Waals surface area (Å²) in [5.74, 6) is -0.469. The molecule has 0 atom stereocenters. The second-order valence-corrected chi connectivity index (χ2v) is 6.69. The SMILES string of the molecule is Cc1cc(N)c(S(=O)(=O)Nc2ccc(C)c(F)c2)cc1C. The molecule has 6 heteroatoms. The monoisotopic (exact) mass is 308 g/mol. The third-order valence-electron chi connectivity index (χ3n) is 3.34. The summed E-state index contributed by atoms with van der Waals surface area (Å²) in [4.78, 5) is -0.00779. The van der Waals surface area contributed by atoms with Crippen molar-refractivity contribution in [1.82, 2.24) is 0 Å². The van der Waals surface area contributed by atoms with Crippen molar-refractivity contribution in [2.24, 2.45) is 0 Å². The molecule has 0 saturated heterocycles. The predicted octanol–water partition coefficient (Wildman–Crippen LogP) is 3.13. The van der Waals surface area contributed by atoms with Crippen LogP contribution < -0.4 is 10.5 Å². The fourth-order valence-electron chi connectivity index (χ4n) is 1.91. The van der Waals surface area contributed by atoms with Gasteiger partial charge in [0.1, 0.15) is 10.7 Å². The van der Waals surface area contributed by atoms with Crippen LogP contribution in [0.1, 0.15) is 16.7 Å². The number of hydrogen-bond acceptors (Lipinski definition) is 3. The van der Waals surface area contributed by atoms with Crippen molar-refractivity contribution in [3.05, 3.63) is 52.8 Å². The highest BCUT2D eigenvalue weighted by Crippen LogP contribution is 2.25. The minimum atomic E-state index is -3.85. The summed E-state index contributed by atoms with van der Waals surface area (Å²) in [5.41, 5.74) is 8.30. The summed E-state index contributed by atoms with van der Waals surface area (Å²) in [7, 11) is -3.85. The van der Waals surface area contributed by atoms with Gasteiger partial charge in [0.25, 0.3) is 10.0 Å². The van der Waals surface area contributed by atoms with Gasteiger partial charge in [0.05, 0.1) is 11.4 Å². The fourth-order valence-corrected chi connectivity index (χ4v) is 3.16. The van der Waals surface area contributed by atoms with Gasteiger partial charge in [-0.25, -0.2) is 12.8 Å². The lowest BCUT2D eigenvalue weighted by Gasteiger charge is -2.12. The number of hydrogen-bond donors (Lipinski definition) is 2. The van der Waals surface area contributed by atoms with Crippen LogP contribution in [-0.2, 0) is 10.0 Å². The van der Waals surface area contributed by atoms with E-state index in [-0.39, 0.29) is 16.3 Å². The third-order valence-corrected chi connectivity index (χ3v) is 4.78. The van der Waals surface area contributed by atoms with E-state index >= 15 is 0 Å². The fraction of sp³-hybridized carbons (Fsp3) is 0.200. The summed E-state index contributed by atoms with van der Waals surface area (Å²) in [6.07, 6.45) is 0. The van der Waals surface area contributed by atoms with E-state index in [0.717, 1.165) is 17.2 Å². The first kappa shape index (κ1) is 15.3. The lowest BCUT2D eigenvalue weighted by atomic mass is 10.1. The van der Waals surface area contributed by atoms with Crippen molar-refractivity contribution in [2.45, 2.75) is 25.7 Å². The Hall–Kier alpha value is -2.08. The van der Waals surface area contributed by atoms with Crippen LogP contribution in [0.2, 0.25) is 0 Å². The van der Waals surface area contributed by atoms with Gasteiger partial charge in [-0.05, 0) is 61.7 Å². The molecule has 0 aliphatic rings. The van der Waals surface area contributed by atoms with E-state index in [4.69, 9.17) is 5.73 Å². The van der Waals surface area contributed by atoms with Crippen LogP contribution >= 0.6 is 0 Å². The number of sulfonamides is 1. The number of nitrogens with two attached hydrogens (primary N) is 1. The molecule has 0 fully saturated rings. The van der Waals surface area contributed by atoms with Crippen molar-refractivity contribution < 1.29 is 12.8 Å². The number of nitrogens with one attached hydrogen (secondary N) is 1. The Morgan fingerprint density at radius 3 is 2.24 bits per heavy atom. The zero-order valence-corrected chi connectivity index (χ0v) is 12.9. The summed E-state index contributed by atoms with van der Waals surface area (Å²) < 4.78 is 40.6. The molecule has 21 heavy (non-hydrogen) atoms. The van der Waals surface area contributed by atoms with Crippen molar-refractivity contribution in [3.8, 4) is 0 Å². The average molecular weight is 308 g/mol. The number of anilines is 2. The number of benzene rings is 2. The van der Waals surface area contributed by atoms with E-state index in [1.807, 2.05) is 6.92 Å². The summed E-state index contributed by atoms with van der Waals surface area (Å²) >= 11 is 0. The Labute approximate surface area is 123 Å². The first-order valence-electron chi connectivity index (χ1n) is 6.36. The van der Waals surface area contributed by atoms with E-state index in [9.17, 15) is 12.8 Å². The summed E-state index contributed by atoms with van der Waals surface area (Å²) in [6, 6.07) is 7.28. The Morgan fingerprint density at radius 2 is 1.62 bits per heavy atom.